The van der Waals surface area contributed by atoms with Crippen LogP contribution in [0.1, 0.15) is 0 Å². The third-order valence-corrected chi connectivity index (χ3v) is 12.2. The van der Waals surface area contributed by atoms with Gasteiger partial charge < -0.3 is 0 Å². The molecule has 6 aromatic carbocycles. The summed E-state index contributed by atoms with van der Waals surface area (Å²) < 4.78 is 0. The van der Waals surface area contributed by atoms with E-state index in [9.17, 15) is 0 Å². The Morgan fingerprint density at radius 2 is 0.970 bits per heavy atom. The van der Waals surface area contributed by atoms with Crippen molar-refractivity contribution >= 4 is 50.4 Å². The molecular weight excluding hydrogens is 412 g/mol. The standard InChI is InChI=1S/C32H22Si/c1-3-12-25(13-4-1)33(26-14-5-2-6-15-26)29-18-10-9-17-28(29)32-30(33)22-21-24-20-19-23-11-7-8-16-27(23)31(24)32/h1-22H. The molecule has 6 aromatic rings. The van der Waals surface area contributed by atoms with Gasteiger partial charge in [0.25, 0.3) is 0 Å². The van der Waals surface area contributed by atoms with Gasteiger partial charge in [0.15, 0.2) is 8.07 Å². The number of hydrogen-bond acceptors (Lipinski definition) is 0. The summed E-state index contributed by atoms with van der Waals surface area (Å²) in [5.74, 6) is 0. The van der Waals surface area contributed by atoms with Gasteiger partial charge in [-0.15, -0.1) is 0 Å². The summed E-state index contributed by atoms with van der Waals surface area (Å²) >= 11 is 0. The van der Waals surface area contributed by atoms with E-state index in [4.69, 9.17) is 0 Å². The van der Waals surface area contributed by atoms with Crippen molar-refractivity contribution in [3.8, 4) is 11.1 Å². The fraction of sp³-hybridized carbons (Fsp3) is 0. The Kier molecular flexibility index (Phi) is 3.96. The summed E-state index contributed by atoms with van der Waals surface area (Å²) in [6.45, 7) is 0. The van der Waals surface area contributed by atoms with Crippen LogP contribution < -0.4 is 20.7 Å². The molecule has 33 heavy (non-hydrogen) atoms. The molecule has 0 saturated carbocycles. The summed E-state index contributed by atoms with van der Waals surface area (Å²) in [6.07, 6.45) is 0. The van der Waals surface area contributed by atoms with Gasteiger partial charge in [-0.3, -0.25) is 0 Å². The topological polar surface area (TPSA) is 0 Å². The largest absolute Gasteiger partial charge is 0.180 e. The lowest BCUT2D eigenvalue weighted by molar-refractivity contribution is 1.70. The van der Waals surface area contributed by atoms with Gasteiger partial charge in [-0.25, -0.2) is 0 Å². The minimum Gasteiger partial charge on any atom is -0.0623 e. The Labute approximate surface area is 194 Å². The molecule has 0 bridgehead atoms. The minimum absolute atomic E-state index is 1.30. The zero-order valence-corrected chi connectivity index (χ0v) is 19.2. The Bertz CT molecular complexity index is 1610. The fourth-order valence-electron chi connectivity index (χ4n) is 6.03. The lowest BCUT2D eigenvalue weighted by Gasteiger charge is -2.31. The first-order valence-electron chi connectivity index (χ1n) is 11.5. The van der Waals surface area contributed by atoms with Gasteiger partial charge in [0.2, 0.25) is 0 Å². The first kappa shape index (κ1) is 18.6. The number of hydrogen-bond donors (Lipinski definition) is 0. The van der Waals surface area contributed by atoms with Gasteiger partial charge in [0.05, 0.1) is 0 Å². The van der Waals surface area contributed by atoms with Crippen molar-refractivity contribution in [2.24, 2.45) is 0 Å². The molecule has 0 amide bonds. The summed E-state index contributed by atoms with van der Waals surface area (Å²) in [6, 6.07) is 49.7. The van der Waals surface area contributed by atoms with Gasteiger partial charge >= 0.3 is 0 Å². The first-order valence-corrected chi connectivity index (χ1v) is 13.5. The molecule has 1 aliphatic rings. The molecular formula is C32H22Si. The maximum absolute atomic E-state index is 2.43. The third kappa shape index (κ3) is 2.46. The van der Waals surface area contributed by atoms with Crippen molar-refractivity contribution in [3.05, 3.63) is 133 Å². The molecule has 1 heteroatoms. The van der Waals surface area contributed by atoms with E-state index in [1.807, 2.05) is 0 Å². The Morgan fingerprint density at radius 3 is 1.73 bits per heavy atom. The van der Waals surface area contributed by atoms with Crippen molar-refractivity contribution < 1.29 is 0 Å². The predicted octanol–water partition coefficient (Wildman–Crippen LogP) is 5.35. The molecule has 0 N–H and O–H groups in total. The summed E-state index contributed by atoms with van der Waals surface area (Å²) in [5, 5.41) is 11.2. The Morgan fingerprint density at radius 1 is 0.394 bits per heavy atom. The van der Waals surface area contributed by atoms with E-state index in [0.29, 0.717) is 0 Å². The minimum atomic E-state index is -2.43. The van der Waals surface area contributed by atoms with E-state index in [-0.39, 0.29) is 0 Å². The molecule has 0 saturated heterocycles. The monoisotopic (exact) mass is 434 g/mol. The number of rotatable bonds is 2. The average Bonchev–Trinajstić information content (AvgIpc) is 3.21. The van der Waals surface area contributed by atoms with E-state index in [2.05, 4.69) is 133 Å². The molecule has 0 aromatic heterocycles. The Hall–Kier alpha value is -3.94. The van der Waals surface area contributed by atoms with E-state index >= 15 is 0 Å². The predicted molar refractivity (Wildman–Crippen MR) is 144 cm³/mol. The van der Waals surface area contributed by atoms with E-state index in [0.717, 1.165) is 0 Å². The molecule has 0 spiro atoms. The zero-order chi connectivity index (χ0) is 21.8. The van der Waals surface area contributed by atoms with Gasteiger partial charge in [0.1, 0.15) is 0 Å². The highest BCUT2D eigenvalue weighted by Crippen LogP contribution is 2.38. The van der Waals surface area contributed by atoms with Gasteiger partial charge in [-0.05, 0) is 53.4 Å². The second-order valence-electron chi connectivity index (χ2n) is 8.90. The van der Waals surface area contributed by atoms with Crippen LogP contribution in [0.2, 0.25) is 0 Å². The molecule has 1 aliphatic heterocycles. The molecule has 0 fully saturated rings. The van der Waals surface area contributed by atoms with Gasteiger partial charge in [-0.2, -0.15) is 0 Å². The summed E-state index contributed by atoms with van der Waals surface area (Å²) in [7, 11) is -2.43. The van der Waals surface area contributed by atoms with Crippen LogP contribution in [-0.4, -0.2) is 8.07 Å². The maximum Gasteiger partial charge on any atom is 0.180 e. The van der Waals surface area contributed by atoms with Crippen LogP contribution in [0.15, 0.2) is 133 Å². The lowest BCUT2D eigenvalue weighted by Crippen LogP contribution is -2.72. The second-order valence-corrected chi connectivity index (χ2v) is 12.6. The van der Waals surface area contributed by atoms with Crippen molar-refractivity contribution in [2.75, 3.05) is 0 Å². The van der Waals surface area contributed by atoms with Crippen LogP contribution in [-0.2, 0) is 0 Å². The number of benzene rings is 6. The highest BCUT2D eigenvalue weighted by molar-refractivity contribution is 7.22. The lowest BCUT2D eigenvalue weighted by atomic mass is 9.94. The van der Waals surface area contributed by atoms with Crippen molar-refractivity contribution in [3.63, 3.8) is 0 Å². The van der Waals surface area contributed by atoms with E-state index in [1.165, 1.54) is 53.4 Å². The van der Waals surface area contributed by atoms with Crippen molar-refractivity contribution in [1.29, 1.82) is 0 Å². The van der Waals surface area contributed by atoms with E-state index < -0.39 is 8.07 Å². The highest BCUT2D eigenvalue weighted by atomic mass is 28.3. The molecule has 0 unspecified atom stereocenters. The van der Waals surface area contributed by atoms with Crippen molar-refractivity contribution in [1.82, 2.24) is 0 Å². The van der Waals surface area contributed by atoms with Crippen LogP contribution in [0, 0.1) is 0 Å². The van der Waals surface area contributed by atoms with Gasteiger partial charge in [-0.1, -0.05) is 133 Å². The first-order chi connectivity index (χ1) is 16.4. The van der Waals surface area contributed by atoms with Crippen LogP contribution >= 0.6 is 0 Å². The van der Waals surface area contributed by atoms with Crippen molar-refractivity contribution in [2.45, 2.75) is 0 Å². The average molecular weight is 435 g/mol. The van der Waals surface area contributed by atoms with Crippen LogP contribution in [0.3, 0.4) is 0 Å². The molecule has 0 aliphatic carbocycles. The molecule has 0 radical (unpaired) electrons. The molecule has 0 nitrogen and oxygen atoms in total. The van der Waals surface area contributed by atoms with Crippen LogP contribution in [0.5, 0.6) is 0 Å². The highest BCUT2D eigenvalue weighted by Gasteiger charge is 2.48. The van der Waals surface area contributed by atoms with Crippen LogP contribution in [0.25, 0.3) is 32.7 Å². The molecule has 154 valence electrons. The SMILES string of the molecule is c1ccc([Si]2(c3ccccc3)c3ccccc3-c3c2ccc2ccc4ccccc4c32)cc1. The quantitative estimate of drug-likeness (QED) is 0.254. The summed E-state index contributed by atoms with van der Waals surface area (Å²) in [4.78, 5) is 0. The molecule has 1 heterocycles. The van der Waals surface area contributed by atoms with Crippen LogP contribution in [0.4, 0.5) is 0 Å². The van der Waals surface area contributed by atoms with E-state index in [1.54, 1.807) is 0 Å². The normalized spacial score (nSPS) is 13.7. The maximum atomic E-state index is 2.43. The Balaban J connectivity index is 1.74. The smallest absolute Gasteiger partial charge is 0.0623 e. The second kappa shape index (κ2) is 7.03. The summed E-state index contributed by atoms with van der Waals surface area (Å²) in [5.41, 5.74) is 2.83. The molecule has 7 rings (SSSR count). The zero-order valence-electron chi connectivity index (χ0n) is 18.2. The molecule has 0 atom stereocenters. The third-order valence-electron chi connectivity index (χ3n) is 7.33. The number of fused-ring (bicyclic) bond motifs is 7. The fourth-order valence-corrected chi connectivity index (χ4v) is 11.2. The van der Waals surface area contributed by atoms with Gasteiger partial charge in [0, 0.05) is 0 Å².